The van der Waals surface area contributed by atoms with E-state index >= 15 is 0 Å². The molecule has 0 saturated carbocycles. The lowest BCUT2D eigenvalue weighted by Gasteiger charge is -2.39. The van der Waals surface area contributed by atoms with Crippen molar-refractivity contribution in [3.8, 4) is 0 Å². The number of carbonyl (C=O) groups excluding carboxylic acids is 2. The standard InChI is InChI=1S/C15H29N3O2/c1-4-6-7-14(15(16)20)17-13-8-9-18(11(3)19)10-12(13)5-2/h12-14,17H,4-10H2,1-3H3,(H2,16,20)/t12-,13-,14+/m1/s1. The molecular weight excluding hydrogens is 254 g/mol. The number of likely N-dealkylation sites (tertiary alicyclic amines) is 1. The molecule has 3 N–H and O–H groups in total. The van der Waals surface area contributed by atoms with Crippen LogP contribution >= 0.6 is 0 Å². The highest BCUT2D eigenvalue weighted by Crippen LogP contribution is 2.21. The zero-order chi connectivity index (χ0) is 15.1. The first-order valence-corrected chi connectivity index (χ1v) is 7.80. The maximum atomic E-state index is 11.5. The van der Waals surface area contributed by atoms with Crippen molar-refractivity contribution < 1.29 is 9.59 Å². The number of amides is 2. The third-order valence-electron chi connectivity index (χ3n) is 4.31. The zero-order valence-electron chi connectivity index (χ0n) is 13.0. The summed E-state index contributed by atoms with van der Waals surface area (Å²) >= 11 is 0. The highest BCUT2D eigenvalue weighted by atomic mass is 16.2. The lowest BCUT2D eigenvalue weighted by Crippen LogP contribution is -2.55. The van der Waals surface area contributed by atoms with Gasteiger partial charge in [0.25, 0.3) is 0 Å². The number of hydrogen-bond acceptors (Lipinski definition) is 3. The molecule has 3 atom stereocenters. The molecule has 1 rings (SSSR count). The number of nitrogens with two attached hydrogens (primary N) is 1. The van der Waals surface area contributed by atoms with Crippen molar-refractivity contribution >= 4 is 11.8 Å². The van der Waals surface area contributed by atoms with Gasteiger partial charge in [0.05, 0.1) is 6.04 Å². The van der Waals surface area contributed by atoms with E-state index in [9.17, 15) is 9.59 Å². The maximum Gasteiger partial charge on any atom is 0.234 e. The number of carbonyl (C=O) groups is 2. The summed E-state index contributed by atoms with van der Waals surface area (Å²) in [7, 11) is 0. The van der Waals surface area contributed by atoms with Crippen LogP contribution in [0.15, 0.2) is 0 Å². The molecule has 1 fully saturated rings. The molecule has 0 aromatic rings. The molecule has 1 saturated heterocycles. The fourth-order valence-electron chi connectivity index (χ4n) is 2.93. The van der Waals surface area contributed by atoms with Crippen molar-refractivity contribution in [2.45, 2.75) is 65.0 Å². The summed E-state index contributed by atoms with van der Waals surface area (Å²) in [5.74, 6) is 0.276. The van der Waals surface area contributed by atoms with Gasteiger partial charge in [0.1, 0.15) is 0 Å². The minimum Gasteiger partial charge on any atom is -0.368 e. The maximum absolute atomic E-state index is 11.5. The number of unbranched alkanes of at least 4 members (excludes halogenated alkanes) is 1. The van der Waals surface area contributed by atoms with Gasteiger partial charge in [-0.1, -0.05) is 33.1 Å². The van der Waals surface area contributed by atoms with Crippen molar-refractivity contribution in [3.05, 3.63) is 0 Å². The molecule has 20 heavy (non-hydrogen) atoms. The van der Waals surface area contributed by atoms with Crippen molar-refractivity contribution in [2.24, 2.45) is 11.7 Å². The molecule has 1 aliphatic rings. The van der Waals surface area contributed by atoms with Crippen molar-refractivity contribution in [2.75, 3.05) is 13.1 Å². The van der Waals surface area contributed by atoms with Gasteiger partial charge in [-0.15, -0.1) is 0 Å². The van der Waals surface area contributed by atoms with Gasteiger partial charge in [0.2, 0.25) is 11.8 Å². The van der Waals surface area contributed by atoms with Crippen LogP contribution in [0.1, 0.15) is 52.9 Å². The molecule has 0 aromatic heterocycles. The average Bonchev–Trinajstić information content (AvgIpc) is 2.42. The average molecular weight is 283 g/mol. The molecule has 0 bridgehead atoms. The van der Waals surface area contributed by atoms with Crippen LogP contribution < -0.4 is 11.1 Å². The molecule has 5 nitrogen and oxygen atoms in total. The summed E-state index contributed by atoms with van der Waals surface area (Å²) < 4.78 is 0. The Balaban J connectivity index is 2.60. The predicted octanol–water partition coefficient (Wildman–Crippen LogP) is 1.27. The second-order valence-corrected chi connectivity index (χ2v) is 5.79. The summed E-state index contributed by atoms with van der Waals surface area (Å²) in [6.07, 6.45) is 4.76. The van der Waals surface area contributed by atoms with E-state index in [1.54, 1.807) is 6.92 Å². The smallest absolute Gasteiger partial charge is 0.234 e. The summed E-state index contributed by atoms with van der Waals surface area (Å²) in [4.78, 5) is 24.9. The summed E-state index contributed by atoms with van der Waals surface area (Å²) in [6.45, 7) is 7.41. The normalized spacial score (nSPS) is 24.4. The number of nitrogens with zero attached hydrogens (tertiary/aromatic N) is 1. The first-order valence-electron chi connectivity index (χ1n) is 7.80. The third kappa shape index (κ3) is 4.78. The highest BCUT2D eigenvalue weighted by molar-refractivity contribution is 5.79. The van der Waals surface area contributed by atoms with Crippen LogP contribution in [-0.4, -0.2) is 41.9 Å². The second kappa shape index (κ2) is 8.25. The first-order chi connectivity index (χ1) is 9.49. The van der Waals surface area contributed by atoms with Crippen LogP contribution in [0.3, 0.4) is 0 Å². The number of hydrogen-bond donors (Lipinski definition) is 2. The van der Waals surface area contributed by atoms with E-state index in [0.717, 1.165) is 45.2 Å². The quantitative estimate of drug-likeness (QED) is 0.739. The van der Waals surface area contributed by atoms with Crippen molar-refractivity contribution in [3.63, 3.8) is 0 Å². The molecular formula is C15H29N3O2. The van der Waals surface area contributed by atoms with Gasteiger partial charge in [0, 0.05) is 26.1 Å². The number of rotatable bonds is 7. The van der Waals surface area contributed by atoms with Gasteiger partial charge in [0.15, 0.2) is 0 Å². The first kappa shape index (κ1) is 17.0. The Morgan fingerprint density at radius 3 is 2.60 bits per heavy atom. The van der Waals surface area contributed by atoms with E-state index in [4.69, 9.17) is 5.73 Å². The largest absolute Gasteiger partial charge is 0.368 e. The van der Waals surface area contributed by atoms with Gasteiger partial charge in [-0.3, -0.25) is 9.59 Å². The molecule has 0 radical (unpaired) electrons. The Morgan fingerprint density at radius 1 is 1.40 bits per heavy atom. The summed E-state index contributed by atoms with van der Waals surface area (Å²) in [5, 5.41) is 3.44. The molecule has 2 amide bonds. The lowest BCUT2D eigenvalue weighted by atomic mass is 9.89. The molecule has 1 aliphatic heterocycles. The van der Waals surface area contributed by atoms with Gasteiger partial charge < -0.3 is 16.0 Å². The van der Waals surface area contributed by atoms with E-state index < -0.39 is 0 Å². The molecule has 0 aliphatic carbocycles. The second-order valence-electron chi connectivity index (χ2n) is 5.79. The van der Waals surface area contributed by atoms with Gasteiger partial charge in [-0.05, 0) is 18.8 Å². The van der Waals surface area contributed by atoms with Crippen LogP contribution in [0.2, 0.25) is 0 Å². The highest BCUT2D eigenvalue weighted by Gasteiger charge is 2.31. The molecule has 0 aromatic carbocycles. The minimum atomic E-state index is -0.262. The van der Waals surface area contributed by atoms with Crippen LogP contribution in [0.4, 0.5) is 0 Å². The summed E-state index contributed by atoms with van der Waals surface area (Å²) in [6, 6.07) is 0.0443. The Hall–Kier alpha value is -1.10. The molecule has 1 heterocycles. The Bertz CT molecular complexity index is 333. The lowest BCUT2D eigenvalue weighted by molar-refractivity contribution is -0.131. The topological polar surface area (TPSA) is 75.4 Å². The molecule has 0 spiro atoms. The van der Waals surface area contributed by atoms with Crippen LogP contribution in [-0.2, 0) is 9.59 Å². The van der Waals surface area contributed by atoms with Crippen molar-refractivity contribution in [1.82, 2.24) is 10.2 Å². The fourth-order valence-corrected chi connectivity index (χ4v) is 2.93. The van der Waals surface area contributed by atoms with Crippen LogP contribution in [0.25, 0.3) is 0 Å². The van der Waals surface area contributed by atoms with E-state index in [1.165, 1.54) is 0 Å². The Labute approximate surface area is 122 Å². The van der Waals surface area contributed by atoms with E-state index in [1.807, 2.05) is 4.90 Å². The van der Waals surface area contributed by atoms with Gasteiger partial charge >= 0.3 is 0 Å². The number of piperidine rings is 1. The van der Waals surface area contributed by atoms with Crippen LogP contribution in [0, 0.1) is 5.92 Å². The van der Waals surface area contributed by atoms with E-state index in [-0.39, 0.29) is 23.9 Å². The Morgan fingerprint density at radius 2 is 2.10 bits per heavy atom. The van der Waals surface area contributed by atoms with E-state index in [0.29, 0.717) is 5.92 Å². The van der Waals surface area contributed by atoms with Crippen molar-refractivity contribution in [1.29, 1.82) is 0 Å². The number of nitrogens with one attached hydrogen (secondary N) is 1. The minimum absolute atomic E-state index is 0.138. The third-order valence-corrected chi connectivity index (χ3v) is 4.31. The van der Waals surface area contributed by atoms with Gasteiger partial charge in [-0.25, -0.2) is 0 Å². The number of primary amides is 1. The molecule has 116 valence electrons. The Kier molecular flexibility index (Phi) is 6.99. The fraction of sp³-hybridized carbons (Fsp3) is 0.867. The summed E-state index contributed by atoms with van der Waals surface area (Å²) in [5.41, 5.74) is 5.49. The zero-order valence-corrected chi connectivity index (χ0v) is 13.0. The SMILES string of the molecule is CCCC[C@H](N[C@@H]1CCN(C(C)=O)C[C@H]1CC)C(N)=O. The molecule has 0 unspecified atom stereocenters. The molecule has 5 heteroatoms. The predicted molar refractivity (Wildman–Crippen MR) is 80.1 cm³/mol. The van der Waals surface area contributed by atoms with E-state index in [2.05, 4.69) is 19.2 Å². The monoisotopic (exact) mass is 283 g/mol. The van der Waals surface area contributed by atoms with Crippen LogP contribution in [0.5, 0.6) is 0 Å². The van der Waals surface area contributed by atoms with Gasteiger partial charge in [-0.2, -0.15) is 0 Å².